The van der Waals surface area contributed by atoms with Crippen molar-refractivity contribution in [2.45, 2.75) is 9.24 Å². The number of amides is 1. The molecule has 0 aliphatic carbocycles. The van der Waals surface area contributed by atoms with Gasteiger partial charge in [-0.1, -0.05) is 17.8 Å². The maximum atomic E-state index is 13.1. The van der Waals surface area contributed by atoms with E-state index >= 15 is 0 Å². The van der Waals surface area contributed by atoms with E-state index in [0.717, 1.165) is 14.1 Å². The molecule has 7 heteroatoms. The number of aromatic nitrogens is 2. The number of carbonyl (C=O) groups excluding carboxylic acids is 1. The highest BCUT2D eigenvalue weighted by Crippen LogP contribution is 2.32. The maximum Gasteiger partial charge on any atom is 0.255 e. The molecule has 0 unspecified atom stereocenters. The molecular formula is C17H12FN3OS2. The van der Waals surface area contributed by atoms with E-state index in [1.807, 2.05) is 18.2 Å². The van der Waals surface area contributed by atoms with Gasteiger partial charge in [0.05, 0.1) is 4.21 Å². The number of thiophene rings is 1. The van der Waals surface area contributed by atoms with E-state index in [1.54, 1.807) is 47.6 Å². The van der Waals surface area contributed by atoms with Crippen LogP contribution in [0.3, 0.4) is 0 Å². The van der Waals surface area contributed by atoms with Gasteiger partial charge in [-0.15, -0.1) is 11.3 Å². The molecule has 0 saturated heterocycles. The molecule has 1 aromatic carbocycles. The van der Waals surface area contributed by atoms with E-state index in [4.69, 9.17) is 0 Å². The Morgan fingerprint density at radius 1 is 1.25 bits per heavy atom. The van der Waals surface area contributed by atoms with Crippen LogP contribution in [0.2, 0.25) is 0 Å². The van der Waals surface area contributed by atoms with Gasteiger partial charge in [-0.05, 0) is 42.5 Å². The first-order valence-electron chi connectivity index (χ1n) is 6.97. The fourth-order valence-electron chi connectivity index (χ4n) is 1.83. The van der Waals surface area contributed by atoms with Gasteiger partial charge in [0.25, 0.3) is 5.91 Å². The zero-order valence-electron chi connectivity index (χ0n) is 12.3. The number of benzene rings is 1. The fourth-order valence-corrected chi connectivity index (χ4v) is 3.76. The van der Waals surface area contributed by atoms with Crippen molar-refractivity contribution in [3.05, 3.63) is 77.4 Å². The van der Waals surface area contributed by atoms with Gasteiger partial charge in [0.2, 0.25) is 0 Å². The van der Waals surface area contributed by atoms with Crippen LogP contribution in [0, 0.1) is 5.82 Å². The van der Waals surface area contributed by atoms with Crippen LogP contribution in [0.4, 0.5) is 4.39 Å². The third-order valence-corrected chi connectivity index (χ3v) is 5.04. The summed E-state index contributed by atoms with van der Waals surface area (Å²) in [5.41, 5.74) is 0.283. The Labute approximate surface area is 146 Å². The number of nitrogens with one attached hydrogen (secondary N) is 1. The van der Waals surface area contributed by atoms with Gasteiger partial charge >= 0.3 is 0 Å². The van der Waals surface area contributed by atoms with Gasteiger partial charge < -0.3 is 5.32 Å². The number of hydrogen-bond acceptors (Lipinski definition) is 5. The van der Waals surface area contributed by atoms with Crippen LogP contribution in [0.1, 0.15) is 15.2 Å². The summed E-state index contributed by atoms with van der Waals surface area (Å²) in [7, 11) is 0. The zero-order valence-corrected chi connectivity index (χ0v) is 14.0. The zero-order chi connectivity index (χ0) is 16.8. The molecule has 0 bridgehead atoms. The molecule has 0 atom stereocenters. The lowest BCUT2D eigenvalue weighted by Gasteiger charge is -1.99. The van der Waals surface area contributed by atoms with Gasteiger partial charge in [0, 0.05) is 22.8 Å². The molecule has 3 aromatic rings. The second kappa shape index (κ2) is 7.85. The van der Waals surface area contributed by atoms with Crippen molar-refractivity contribution in [3.63, 3.8) is 0 Å². The minimum atomic E-state index is -0.434. The Bertz CT molecular complexity index is 865. The molecule has 0 spiro atoms. The molecule has 0 fully saturated rings. The lowest BCUT2D eigenvalue weighted by Crippen LogP contribution is -2.16. The second-order valence-corrected chi connectivity index (χ2v) is 7.06. The molecule has 1 N–H and O–H groups in total. The Morgan fingerprint density at radius 2 is 2.17 bits per heavy atom. The molecule has 2 aromatic heterocycles. The summed E-state index contributed by atoms with van der Waals surface area (Å²) >= 11 is 3.13. The first-order chi connectivity index (χ1) is 11.7. The van der Waals surface area contributed by atoms with Gasteiger partial charge in [-0.2, -0.15) is 0 Å². The van der Waals surface area contributed by atoms with E-state index in [9.17, 15) is 9.18 Å². The van der Waals surface area contributed by atoms with Crippen molar-refractivity contribution in [2.24, 2.45) is 0 Å². The first-order valence-corrected chi connectivity index (χ1v) is 8.61. The van der Waals surface area contributed by atoms with E-state index in [1.165, 1.54) is 24.5 Å². The summed E-state index contributed by atoms with van der Waals surface area (Å²) in [6.45, 7) is 0. The minimum Gasteiger partial charge on any atom is -0.329 e. The summed E-state index contributed by atoms with van der Waals surface area (Å²) in [6, 6.07) is 11.4. The van der Waals surface area contributed by atoms with Crippen LogP contribution in [-0.4, -0.2) is 15.9 Å². The molecule has 2 heterocycles. The predicted molar refractivity (Wildman–Crippen MR) is 93.4 cm³/mol. The SMILES string of the molecule is O=C(N/C=C/c1ccc(Sc2ccncn2)s1)c1cccc(F)c1. The highest BCUT2D eigenvalue weighted by atomic mass is 32.2. The predicted octanol–water partition coefficient (Wildman–Crippen LogP) is 4.23. The molecule has 0 aliphatic heterocycles. The number of hydrogen-bond donors (Lipinski definition) is 1. The van der Waals surface area contributed by atoms with Crippen LogP contribution in [-0.2, 0) is 0 Å². The van der Waals surface area contributed by atoms with E-state index in [2.05, 4.69) is 15.3 Å². The molecule has 1 amide bonds. The molecule has 24 heavy (non-hydrogen) atoms. The van der Waals surface area contributed by atoms with E-state index in [-0.39, 0.29) is 11.5 Å². The fraction of sp³-hybridized carbons (Fsp3) is 0. The molecule has 3 rings (SSSR count). The quantitative estimate of drug-likeness (QED) is 0.694. The Morgan fingerprint density at radius 3 is 2.96 bits per heavy atom. The third-order valence-electron chi connectivity index (χ3n) is 2.91. The standard InChI is InChI=1S/C17H12FN3OS2/c18-13-3-1-2-12(10-13)17(22)20-9-6-14-4-5-16(23-14)24-15-7-8-19-11-21-15/h1-11H,(H,20,22)/b9-6+. The Balaban J connectivity index is 1.58. The lowest BCUT2D eigenvalue weighted by atomic mass is 10.2. The monoisotopic (exact) mass is 357 g/mol. The smallest absolute Gasteiger partial charge is 0.255 e. The van der Waals surface area contributed by atoms with Crippen molar-refractivity contribution in [2.75, 3.05) is 0 Å². The maximum absolute atomic E-state index is 13.1. The summed E-state index contributed by atoms with van der Waals surface area (Å²) in [4.78, 5) is 20.9. The average molecular weight is 357 g/mol. The number of halogens is 1. The van der Waals surface area contributed by atoms with Crippen molar-refractivity contribution in [3.8, 4) is 0 Å². The third kappa shape index (κ3) is 4.50. The minimum absolute atomic E-state index is 0.283. The Hall–Kier alpha value is -2.51. The van der Waals surface area contributed by atoms with Crippen molar-refractivity contribution >= 4 is 35.1 Å². The van der Waals surface area contributed by atoms with E-state index in [0.29, 0.717) is 0 Å². The van der Waals surface area contributed by atoms with Crippen molar-refractivity contribution < 1.29 is 9.18 Å². The van der Waals surface area contributed by atoms with Crippen LogP contribution in [0.15, 0.2) is 70.4 Å². The molecular weight excluding hydrogens is 345 g/mol. The van der Waals surface area contributed by atoms with Gasteiger partial charge in [-0.25, -0.2) is 14.4 Å². The summed E-state index contributed by atoms with van der Waals surface area (Å²) in [5, 5.41) is 3.50. The van der Waals surface area contributed by atoms with Crippen molar-refractivity contribution in [1.82, 2.24) is 15.3 Å². The van der Waals surface area contributed by atoms with Gasteiger partial charge in [0.1, 0.15) is 17.2 Å². The second-order valence-electron chi connectivity index (χ2n) is 4.62. The summed E-state index contributed by atoms with van der Waals surface area (Å²) in [6.07, 6.45) is 6.56. The summed E-state index contributed by atoms with van der Waals surface area (Å²) < 4.78 is 14.2. The van der Waals surface area contributed by atoms with E-state index < -0.39 is 5.82 Å². The highest BCUT2D eigenvalue weighted by Gasteiger charge is 2.04. The Kier molecular flexibility index (Phi) is 5.35. The van der Waals surface area contributed by atoms with Crippen LogP contribution >= 0.6 is 23.1 Å². The lowest BCUT2D eigenvalue weighted by molar-refractivity contribution is 0.0970. The summed E-state index contributed by atoms with van der Waals surface area (Å²) in [5.74, 6) is -0.783. The molecule has 120 valence electrons. The average Bonchev–Trinajstić information content (AvgIpc) is 3.03. The van der Waals surface area contributed by atoms with Crippen LogP contribution < -0.4 is 5.32 Å². The number of nitrogens with zero attached hydrogens (tertiary/aromatic N) is 2. The number of rotatable bonds is 5. The normalized spacial score (nSPS) is 10.9. The molecule has 0 radical (unpaired) electrons. The van der Waals surface area contributed by atoms with Crippen LogP contribution in [0.25, 0.3) is 6.08 Å². The molecule has 4 nitrogen and oxygen atoms in total. The van der Waals surface area contributed by atoms with Gasteiger partial charge in [0.15, 0.2) is 0 Å². The highest BCUT2D eigenvalue weighted by molar-refractivity contribution is 8.01. The first kappa shape index (κ1) is 16.4. The topological polar surface area (TPSA) is 54.9 Å². The largest absolute Gasteiger partial charge is 0.329 e. The molecule has 0 saturated carbocycles. The molecule has 0 aliphatic rings. The van der Waals surface area contributed by atoms with Crippen LogP contribution in [0.5, 0.6) is 0 Å². The van der Waals surface area contributed by atoms with Gasteiger partial charge in [-0.3, -0.25) is 4.79 Å². The number of carbonyl (C=O) groups is 1. The van der Waals surface area contributed by atoms with Crippen molar-refractivity contribution in [1.29, 1.82) is 0 Å².